The first kappa shape index (κ1) is 13.7. The molecular formula is C11H8F3N5O. The molecule has 0 spiro atoms. The molecule has 0 saturated carbocycles. The number of hydrogen-bond acceptors (Lipinski definition) is 5. The molecule has 6 nitrogen and oxygen atoms in total. The predicted octanol–water partition coefficient (Wildman–Crippen LogP) is 1.63. The molecule has 1 aromatic heterocycles. The zero-order valence-electron chi connectivity index (χ0n) is 9.85. The number of aromatic nitrogens is 3. The molecule has 1 aromatic carbocycles. The molecule has 0 aliphatic carbocycles. The summed E-state index contributed by atoms with van der Waals surface area (Å²) < 4.78 is 38.1. The van der Waals surface area contributed by atoms with E-state index in [1.165, 1.54) is 24.4 Å². The van der Waals surface area contributed by atoms with Gasteiger partial charge in [0.2, 0.25) is 0 Å². The molecule has 0 unspecified atom stereocenters. The summed E-state index contributed by atoms with van der Waals surface area (Å²) in [6.45, 7) is 0. The topological polar surface area (TPSA) is 83.0 Å². The van der Waals surface area contributed by atoms with E-state index >= 15 is 0 Å². The Morgan fingerprint density at radius 2 is 2.05 bits per heavy atom. The number of aromatic amines is 1. The van der Waals surface area contributed by atoms with E-state index in [1.54, 1.807) is 0 Å². The molecule has 2 rings (SSSR count). The summed E-state index contributed by atoms with van der Waals surface area (Å²) in [6.07, 6.45) is -2.30. The molecular weight excluding hydrogens is 275 g/mol. The number of halogens is 3. The highest BCUT2D eigenvalue weighted by Crippen LogP contribution is 2.31. The number of hydrazone groups is 1. The van der Waals surface area contributed by atoms with E-state index in [9.17, 15) is 18.0 Å². The molecule has 0 bridgehead atoms. The fourth-order valence-electron chi connectivity index (χ4n) is 1.40. The van der Waals surface area contributed by atoms with Crippen LogP contribution in [0.25, 0.3) is 0 Å². The Hall–Kier alpha value is -2.71. The predicted molar refractivity (Wildman–Crippen MR) is 65.3 cm³/mol. The second-order valence-electron chi connectivity index (χ2n) is 3.63. The van der Waals surface area contributed by atoms with E-state index in [1.807, 2.05) is 0 Å². The Kier molecular flexibility index (Phi) is 3.78. The summed E-state index contributed by atoms with van der Waals surface area (Å²) in [5.41, 5.74) is 0.718. The molecule has 0 aliphatic heterocycles. The lowest BCUT2D eigenvalue weighted by molar-refractivity contribution is -0.137. The van der Waals surface area contributed by atoms with E-state index in [-0.39, 0.29) is 11.4 Å². The highest BCUT2D eigenvalue weighted by atomic mass is 19.4. The van der Waals surface area contributed by atoms with Gasteiger partial charge >= 0.3 is 11.9 Å². The molecule has 0 saturated heterocycles. The maximum absolute atomic E-state index is 12.7. The molecule has 0 aliphatic rings. The van der Waals surface area contributed by atoms with Crippen LogP contribution in [-0.4, -0.2) is 21.4 Å². The SMILES string of the molecule is O=c1nc(NN=Cc2ccccc2C(F)(F)F)cn[nH]1. The maximum Gasteiger partial charge on any atom is 0.417 e. The molecule has 2 aromatic rings. The Morgan fingerprint density at radius 3 is 2.75 bits per heavy atom. The standard InChI is InChI=1S/C11H8F3N5O/c12-11(13,14)8-4-2-1-3-7(8)5-15-18-9-6-16-19-10(20)17-9/h1-6H,(H2,17,18,19,20). The van der Waals surface area contributed by atoms with Crippen LogP contribution in [0.1, 0.15) is 11.1 Å². The van der Waals surface area contributed by atoms with E-state index in [0.717, 1.165) is 12.3 Å². The third-order valence-electron chi connectivity index (χ3n) is 2.22. The van der Waals surface area contributed by atoms with Crippen LogP contribution in [0.3, 0.4) is 0 Å². The third kappa shape index (κ3) is 3.40. The smallest absolute Gasteiger partial charge is 0.260 e. The van der Waals surface area contributed by atoms with Crippen molar-refractivity contribution in [2.75, 3.05) is 5.43 Å². The van der Waals surface area contributed by atoms with Gasteiger partial charge in [-0.05, 0) is 6.07 Å². The van der Waals surface area contributed by atoms with Gasteiger partial charge in [-0.2, -0.15) is 28.4 Å². The number of rotatable bonds is 3. The van der Waals surface area contributed by atoms with Gasteiger partial charge in [-0.25, -0.2) is 9.89 Å². The molecule has 0 amide bonds. The molecule has 20 heavy (non-hydrogen) atoms. The largest absolute Gasteiger partial charge is 0.417 e. The molecule has 0 atom stereocenters. The summed E-state index contributed by atoms with van der Waals surface area (Å²) in [4.78, 5) is 14.3. The number of H-pyrrole nitrogens is 1. The minimum atomic E-state index is -4.47. The quantitative estimate of drug-likeness (QED) is 0.662. The number of benzene rings is 1. The molecule has 9 heteroatoms. The van der Waals surface area contributed by atoms with Crippen LogP contribution in [0.15, 0.2) is 40.4 Å². The van der Waals surface area contributed by atoms with Crippen molar-refractivity contribution in [3.63, 3.8) is 0 Å². The van der Waals surface area contributed by atoms with Gasteiger partial charge in [-0.15, -0.1) is 0 Å². The number of anilines is 1. The van der Waals surface area contributed by atoms with Gasteiger partial charge in [0.15, 0.2) is 5.82 Å². The lowest BCUT2D eigenvalue weighted by Crippen LogP contribution is -2.13. The van der Waals surface area contributed by atoms with Crippen molar-refractivity contribution in [2.45, 2.75) is 6.18 Å². The minimum absolute atomic E-state index is 0.0227. The summed E-state index contributed by atoms with van der Waals surface area (Å²) in [7, 11) is 0. The molecule has 2 N–H and O–H groups in total. The van der Waals surface area contributed by atoms with E-state index in [4.69, 9.17) is 0 Å². The van der Waals surface area contributed by atoms with Gasteiger partial charge in [0.25, 0.3) is 0 Å². The molecule has 0 radical (unpaired) electrons. The monoisotopic (exact) mass is 283 g/mol. The van der Waals surface area contributed by atoms with Crippen LogP contribution in [-0.2, 0) is 6.18 Å². The zero-order chi connectivity index (χ0) is 14.6. The first-order valence-corrected chi connectivity index (χ1v) is 5.34. The number of hydrogen-bond donors (Lipinski definition) is 2. The Bertz CT molecular complexity index is 680. The minimum Gasteiger partial charge on any atom is -0.260 e. The highest BCUT2D eigenvalue weighted by molar-refractivity contribution is 5.82. The lowest BCUT2D eigenvalue weighted by Gasteiger charge is -2.09. The van der Waals surface area contributed by atoms with Crippen molar-refractivity contribution in [3.05, 3.63) is 52.1 Å². The van der Waals surface area contributed by atoms with Crippen LogP contribution in [0.4, 0.5) is 19.0 Å². The summed E-state index contributed by atoms with van der Waals surface area (Å²) in [5.74, 6) is 0.0227. The fourth-order valence-corrected chi connectivity index (χ4v) is 1.40. The maximum atomic E-state index is 12.7. The van der Waals surface area contributed by atoms with E-state index in [2.05, 4.69) is 25.7 Å². The van der Waals surface area contributed by atoms with Crippen molar-refractivity contribution in [3.8, 4) is 0 Å². The van der Waals surface area contributed by atoms with Crippen molar-refractivity contribution < 1.29 is 13.2 Å². The van der Waals surface area contributed by atoms with E-state index in [0.29, 0.717) is 0 Å². The van der Waals surface area contributed by atoms with Crippen molar-refractivity contribution in [2.24, 2.45) is 5.10 Å². The summed E-state index contributed by atoms with van der Waals surface area (Å²) in [6, 6.07) is 4.98. The number of nitrogens with one attached hydrogen (secondary N) is 2. The van der Waals surface area contributed by atoms with Gasteiger partial charge in [0.05, 0.1) is 18.0 Å². The Balaban J connectivity index is 2.18. The van der Waals surface area contributed by atoms with Gasteiger partial charge in [-0.1, -0.05) is 18.2 Å². The Morgan fingerprint density at radius 1 is 1.30 bits per heavy atom. The summed E-state index contributed by atoms with van der Waals surface area (Å²) in [5, 5.41) is 9.10. The van der Waals surface area contributed by atoms with Crippen molar-refractivity contribution >= 4 is 12.0 Å². The van der Waals surface area contributed by atoms with Crippen LogP contribution >= 0.6 is 0 Å². The van der Waals surface area contributed by atoms with Crippen LogP contribution in [0.5, 0.6) is 0 Å². The second kappa shape index (κ2) is 5.51. The molecule has 104 valence electrons. The Labute approximate surface area is 110 Å². The van der Waals surface area contributed by atoms with Crippen molar-refractivity contribution in [1.29, 1.82) is 0 Å². The first-order valence-electron chi connectivity index (χ1n) is 5.34. The van der Waals surface area contributed by atoms with Gasteiger partial charge in [-0.3, -0.25) is 5.43 Å². The number of nitrogens with zero attached hydrogens (tertiary/aromatic N) is 3. The second-order valence-corrected chi connectivity index (χ2v) is 3.63. The zero-order valence-corrected chi connectivity index (χ0v) is 9.85. The fraction of sp³-hybridized carbons (Fsp3) is 0.0909. The molecule has 0 fully saturated rings. The van der Waals surface area contributed by atoms with Crippen molar-refractivity contribution in [1.82, 2.24) is 15.2 Å². The first-order chi connectivity index (χ1) is 9.47. The third-order valence-corrected chi connectivity index (χ3v) is 2.22. The highest BCUT2D eigenvalue weighted by Gasteiger charge is 2.32. The number of alkyl halides is 3. The molecule has 1 heterocycles. The summed E-state index contributed by atoms with van der Waals surface area (Å²) >= 11 is 0. The average Bonchev–Trinajstić information content (AvgIpc) is 2.38. The normalized spacial score (nSPS) is 11.8. The average molecular weight is 283 g/mol. The van der Waals surface area contributed by atoms with Crippen LogP contribution < -0.4 is 11.1 Å². The van der Waals surface area contributed by atoms with Gasteiger partial charge in [0.1, 0.15) is 0 Å². The lowest BCUT2D eigenvalue weighted by atomic mass is 10.1. The van der Waals surface area contributed by atoms with Gasteiger partial charge < -0.3 is 0 Å². The van der Waals surface area contributed by atoms with Gasteiger partial charge in [0, 0.05) is 5.56 Å². The van der Waals surface area contributed by atoms with Crippen LogP contribution in [0, 0.1) is 0 Å². The van der Waals surface area contributed by atoms with E-state index < -0.39 is 17.4 Å². The van der Waals surface area contributed by atoms with Crippen LogP contribution in [0.2, 0.25) is 0 Å².